The molecule has 3 rings (SSSR count). The molecule has 0 saturated carbocycles. The standard InChI is InChI=1S/C18H12F3NO2S/c19-18(20,21)14-6-4-12(5-7-14)17-13(8-23)2-1-3-16(17)24-9-15-10-25-11-22-15/h1-8,10-11H,9H2. The molecule has 0 spiro atoms. The van der Waals surface area contributed by atoms with Crippen LogP contribution in [0.3, 0.4) is 0 Å². The second-order valence-corrected chi connectivity index (χ2v) is 5.90. The number of aromatic nitrogens is 1. The minimum absolute atomic E-state index is 0.208. The number of carbonyl (C=O) groups is 1. The lowest BCUT2D eigenvalue weighted by molar-refractivity contribution is -0.137. The molecule has 0 atom stereocenters. The second kappa shape index (κ2) is 7.06. The van der Waals surface area contributed by atoms with E-state index in [-0.39, 0.29) is 6.61 Å². The Hall–Kier alpha value is -2.67. The van der Waals surface area contributed by atoms with Crippen molar-refractivity contribution >= 4 is 17.6 Å². The lowest BCUT2D eigenvalue weighted by Gasteiger charge is -2.14. The first kappa shape index (κ1) is 17.2. The fourth-order valence-corrected chi connectivity index (χ4v) is 2.90. The Morgan fingerprint density at radius 1 is 1.12 bits per heavy atom. The van der Waals surface area contributed by atoms with Crippen molar-refractivity contribution in [3.05, 3.63) is 70.2 Å². The van der Waals surface area contributed by atoms with E-state index in [0.717, 1.165) is 17.8 Å². The molecule has 0 aliphatic carbocycles. The van der Waals surface area contributed by atoms with Gasteiger partial charge in [0.15, 0.2) is 6.29 Å². The third kappa shape index (κ3) is 3.88. The summed E-state index contributed by atoms with van der Waals surface area (Å²) in [6.45, 7) is 0.208. The molecular formula is C18H12F3NO2S. The maximum absolute atomic E-state index is 12.7. The third-order valence-corrected chi connectivity index (χ3v) is 4.18. The van der Waals surface area contributed by atoms with Crippen LogP contribution in [0, 0.1) is 0 Å². The van der Waals surface area contributed by atoms with Gasteiger partial charge < -0.3 is 4.74 Å². The van der Waals surface area contributed by atoms with Crippen molar-refractivity contribution in [1.29, 1.82) is 0 Å². The molecule has 7 heteroatoms. The number of hydrogen-bond acceptors (Lipinski definition) is 4. The topological polar surface area (TPSA) is 39.2 Å². The van der Waals surface area contributed by atoms with Crippen LogP contribution in [0.5, 0.6) is 5.75 Å². The Balaban J connectivity index is 1.97. The number of aldehydes is 1. The first-order valence-electron chi connectivity index (χ1n) is 7.24. The Bertz CT molecular complexity index is 859. The Morgan fingerprint density at radius 3 is 2.48 bits per heavy atom. The minimum Gasteiger partial charge on any atom is -0.487 e. The van der Waals surface area contributed by atoms with E-state index in [9.17, 15) is 18.0 Å². The number of thiazole rings is 1. The smallest absolute Gasteiger partial charge is 0.416 e. The van der Waals surface area contributed by atoms with Crippen molar-refractivity contribution in [2.24, 2.45) is 0 Å². The summed E-state index contributed by atoms with van der Waals surface area (Å²) < 4.78 is 44.0. The van der Waals surface area contributed by atoms with Gasteiger partial charge in [0.25, 0.3) is 0 Å². The van der Waals surface area contributed by atoms with Gasteiger partial charge in [-0.25, -0.2) is 4.98 Å². The van der Waals surface area contributed by atoms with E-state index in [2.05, 4.69) is 4.98 Å². The molecule has 0 saturated heterocycles. The van der Waals surface area contributed by atoms with E-state index >= 15 is 0 Å². The summed E-state index contributed by atoms with van der Waals surface area (Å²) in [4.78, 5) is 15.5. The summed E-state index contributed by atoms with van der Waals surface area (Å²) in [5, 5.41) is 1.83. The van der Waals surface area contributed by atoms with Crippen LogP contribution in [0.25, 0.3) is 11.1 Å². The molecular weight excluding hydrogens is 351 g/mol. The summed E-state index contributed by atoms with van der Waals surface area (Å²) in [5.41, 5.74) is 2.95. The molecule has 1 heterocycles. The van der Waals surface area contributed by atoms with E-state index in [4.69, 9.17) is 4.74 Å². The normalized spacial score (nSPS) is 11.3. The molecule has 0 fully saturated rings. The van der Waals surface area contributed by atoms with Crippen LogP contribution in [0.4, 0.5) is 13.2 Å². The lowest BCUT2D eigenvalue weighted by Crippen LogP contribution is -2.04. The quantitative estimate of drug-likeness (QED) is 0.584. The highest BCUT2D eigenvalue weighted by Gasteiger charge is 2.30. The number of carbonyl (C=O) groups excluding carboxylic acids is 1. The molecule has 128 valence electrons. The Kier molecular flexibility index (Phi) is 4.85. The summed E-state index contributed by atoms with van der Waals surface area (Å²) in [6.07, 6.45) is -3.75. The number of alkyl halides is 3. The summed E-state index contributed by atoms with van der Waals surface area (Å²) in [5.74, 6) is 0.414. The van der Waals surface area contributed by atoms with Crippen LogP contribution in [-0.4, -0.2) is 11.3 Å². The van der Waals surface area contributed by atoms with Crippen molar-refractivity contribution < 1.29 is 22.7 Å². The van der Waals surface area contributed by atoms with Crippen LogP contribution < -0.4 is 4.74 Å². The van der Waals surface area contributed by atoms with Gasteiger partial charge in [-0.05, 0) is 23.8 Å². The van der Waals surface area contributed by atoms with Gasteiger partial charge in [-0.3, -0.25) is 4.79 Å². The molecule has 3 nitrogen and oxygen atoms in total. The molecule has 3 aromatic rings. The Morgan fingerprint density at radius 2 is 1.88 bits per heavy atom. The average molecular weight is 363 g/mol. The molecule has 0 bridgehead atoms. The van der Waals surface area contributed by atoms with Crippen LogP contribution in [0.15, 0.2) is 53.4 Å². The Labute approximate surface area is 145 Å². The number of nitrogens with zero attached hydrogens (tertiary/aromatic N) is 1. The maximum Gasteiger partial charge on any atom is 0.416 e. The zero-order chi connectivity index (χ0) is 17.9. The van der Waals surface area contributed by atoms with Crippen molar-refractivity contribution in [3.8, 4) is 16.9 Å². The molecule has 25 heavy (non-hydrogen) atoms. The van der Waals surface area contributed by atoms with Gasteiger partial charge in [0.1, 0.15) is 12.4 Å². The molecule has 0 N–H and O–H groups in total. The number of ether oxygens (including phenoxy) is 1. The van der Waals surface area contributed by atoms with Crippen molar-refractivity contribution in [1.82, 2.24) is 4.98 Å². The predicted molar refractivity (Wildman–Crippen MR) is 88.7 cm³/mol. The van der Waals surface area contributed by atoms with Gasteiger partial charge in [0, 0.05) is 16.5 Å². The lowest BCUT2D eigenvalue weighted by atomic mass is 9.98. The van der Waals surface area contributed by atoms with Crippen LogP contribution in [0.2, 0.25) is 0 Å². The van der Waals surface area contributed by atoms with Crippen molar-refractivity contribution in [2.75, 3.05) is 0 Å². The van der Waals surface area contributed by atoms with Gasteiger partial charge in [0.2, 0.25) is 0 Å². The molecule has 0 unspecified atom stereocenters. The van der Waals surface area contributed by atoms with Gasteiger partial charge in [0.05, 0.1) is 16.8 Å². The van der Waals surface area contributed by atoms with Crippen molar-refractivity contribution in [2.45, 2.75) is 12.8 Å². The van der Waals surface area contributed by atoms with Gasteiger partial charge in [-0.15, -0.1) is 11.3 Å². The minimum atomic E-state index is -4.41. The number of rotatable bonds is 5. The SMILES string of the molecule is O=Cc1cccc(OCc2cscn2)c1-c1ccc(C(F)(F)F)cc1. The average Bonchev–Trinajstić information content (AvgIpc) is 3.12. The molecule has 0 amide bonds. The monoisotopic (exact) mass is 363 g/mol. The highest BCUT2D eigenvalue weighted by atomic mass is 32.1. The zero-order valence-electron chi connectivity index (χ0n) is 12.8. The number of hydrogen-bond donors (Lipinski definition) is 0. The first-order chi connectivity index (χ1) is 12.0. The fraction of sp³-hybridized carbons (Fsp3) is 0.111. The van der Waals surface area contributed by atoms with E-state index in [1.807, 2.05) is 5.38 Å². The number of halogens is 3. The predicted octanol–water partition coefficient (Wildman–Crippen LogP) is 5.22. The van der Waals surface area contributed by atoms with E-state index in [1.165, 1.54) is 23.5 Å². The summed E-state index contributed by atoms with van der Waals surface area (Å²) in [6, 6.07) is 9.57. The zero-order valence-corrected chi connectivity index (χ0v) is 13.6. The maximum atomic E-state index is 12.7. The largest absolute Gasteiger partial charge is 0.487 e. The van der Waals surface area contributed by atoms with E-state index in [0.29, 0.717) is 28.7 Å². The summed E-state index contributed by atoms with van der Waals surface area (Å²) in [7, 11) is 0. The molecule has 0 radical (unpaired) electrons. The number of benzene rings is 2. The van der Waals surface area contributed by atoms with Gasteiger partial charge in [-0.1, -0.05) is 24.3 Å². The summed E-state index contributed by atoms with van der Waals surface area (Å²) >= 11 is 1.43. The molecule has 1 aromatic heterocycles. The van der Waals surface area contributed by atoms with Crippen LogP contribution in [0.1, 0.15) is 21.6 Å². The van der Waals surface area contributed by atoms with Gasteiger partial charge in [-0.2, -0.15) is 13.2 Å². The van der Waals surface area contributed by atoms with Gasteiger partial charge >= 0.3 is 6.18 Å². The van der Waals surface area contributed by atoms with E-state index in [1.54, 1.807) is 23.7 Å². The fourth-order valence-electron chi connectivity index (χ4n) is 2.36. The highest BCUT2D eigenvalue weighted by molar-refractivity contribution is 7.07. The highest BCUT2D eigenvalue weighted by Crippen LogP contribution is 2.36. The molecule has 2 aromatic carbocycles. The third-order valence-electron chi connectivity index (χ3n) is 3.55. The van der Waals surface area contributed by atoms with Crippen LogP contribution in [-0.2, 0) is 12.8 Å². The van der Waals surface area contributed by atoms with Crippen LogP contribution >= 0.6 is 11.3 Å². The molecule has 0 aliphatic rings. The molecule has 0 aliphatic heterocycles. The van der Waals surface area contributed by atoms with Crippen molar-refractivity contribution in [3.63, 3.8) is 0 Å². The first-order valence-corrected chi connectivity index (χ1v) is 8.19. The second-order valence-electron chi connectivity index (χ2n) is 5.18. The van der Waals surface area contributed by atoms with E-state index < -0.39 is 11.7 Å².